The predicted molar refractivity (Wildman–Crippen MR) is 111 cm³/mol. The van der Waals surface area contributed by atoms with Crippen LogP contribution in [0.5, 0.6) is 0 Å². The number of fused-ring (bicyclic) bond motifs is 1. The van der Waals surface area contributed by atoms with Gasteiger partial charge in [-0.2, -0.15) is 18.3 Å². The molecule has 0 N–H and O–H groups in total. The zero-order valence-electron chi connectivity index (χ0n) is 17.6. The Hall–Kier alpha value is -3.05. The van der Waals surface area contributed by atoms with E-state index in [1.165, 1.54) is 23.1 Å². The van der Waals surface area contributed by atoms with Gasteiger partial charge in [-0.05, 0) is 36.8 Å². The average Bonchev–Trinajstić information content (AvgIpc) is 3.38. The molecule has 7 nitrogen and oxygen atoms in total. The first kappa shape index (κ1) is 21.8. The number of aromatic nitrogens is 5. The van der Waals surface area contributed by atoms with Crippen molar-refractivity contribution in [2.45, 2.75) is 38.4 Å². The Labute approximate surface area is 186 Å². The van der Waals surface area contributed by atoms with E-state index in [0.717, 1.165) is 51.5 Å². The normalized spacial score (nSPS) is 18.7. The third kappa shape index (κ3) is 4.30. The number of piperidine rings is 1. The molecule has 3 aromatic heterocycles. The van der Waals surface area contributed by atoms with Crippen molar-refractivity contribution in [2.24, 2.45) is 5.41 Å². The van der Waals surface area contributed by atoms with E-state index in [9.17, 15) is 22.0 Å². The number of pyridine rings is 1. The lowest BCUT2D eigenvalue weighted by atomic mass is 9.78. The first-order valence-corrected chi connectivity index (χ1v) is 10.7. The summed E-state index contributed by atoms with van der Waals surface area (Å²) in [5.41, 5.74) is 0.709. The van der Waals surface area contributed by atoms with Crippen LogP contribution in [0, 0.1) is 5.41 Å². The van der Waals surface area contributed by atoms with Crippen molar-refractivity contribution in [3.8, 4) is 0 Å². The molecule has 0 bridgehead atoms. The van der Waals surface area contributed by atoms with E-state index >= 15 is 0 Å². The molecule has 1 spiro atoms. The zero-order chi connectivity index (χ0) is 23.2. The second-order valence-electron chi connectivity index (χ2n) is 8.71. The van der Waals surface area contributed by atoms with Gasteiger partial charge >= 0.3 is 6.18 Å². The van der Waals surface area contributed by atoms with Gasteiger partial charge in [0.05, 0.1) is 24.3 Å². The fourth-order valence-corrected chi connectivity index (χ4v) is 4.77. The Morgan fingerprint density at radius 2 is 1.67 bits per heavy atom. The summed E-state index contributed by atoms with van der Waals surface area (Å²) in [5, 5.41) is 3.96. The summed E-state index contributed by atoms with van der Waals surface area (Å²) >= 11 is 0. The fraction of sp³-hybridized carbons (Fsp3) is 0.524. The molecule has 2 fully saturated rings. The molecule has 0 aliphatic carbocycles. The minimum absolute atomic E-state index is 0.0776. The SMILES string of the molecule is FC(F)Cn1ncc2ncc(N3CCC4(CCN(c5ccc(C(F)(F)F)nc5)C4)CC3)nc21. The van der Waals surface area contributed by atoms with Crippen LogP contribution in [0.25, 0.3) is 11.2 Å². The number of halogens is 5. The van der Waals surface area contributed by atoms with Crippen LogP contribution in [0.15, 0.2) is 30.7 Å². The van der Waals surface area contributed by atoms with Crippen LogP contribution in [0.4, 0.5) is 33.5 Å². The lowest BCUT2D eigenvalue weighted by molar-refractivity contribution is -0.141. The lowest BCUT2D eigenvalue weighted by Gasteiger charge is -2.39. The van der Waals surface area contributed by atoms with Gasteiger partial charge in [-0.15, -0.1) is 0 Å². The summed E-state index contributed by atoms with van der Waals surface area (Å²) in [6, 6.07) is 2.51. The quantitative estimate of drug-likeness (QED) is 0.541. The van der Waals surface area contributed by atoms with E-state index in [-0.39, 0.29) is 5.41 Å². The highest BCUT2D eigenvalue weighted by atomic mass is 19.4. The van der Waals surface area contributed by atoms with E-state index in [2.05, 4.69) is 29.9 Å². The summed E-state index contributed by atoms with van der Waals surface area (Å²) < 4.78 is 65.1. The minimum Gasteiger partial charge on any atom is -0.370 e. The van der Waals surface area contributed by atoms with E-state index in [0.29, 0.717) is 22.7 Å². The summed E-state index contributed by atoms with van der Waals surface area (Å²) in [6.45, 7) is 2.48. The number of rotatable bonds is 4. The van der Waals surface area contributed by atoms with Crippen LogP contribution in [0.3, 0.4) is 0 Å². The van der Waals surface area contributed by atoms with Crippen LogP contribution >= 0.6 is 0 Å². The Kier molecular flexibility index (Phi) is 5.32. The first-order valence-electron chi connectivity index (χ1n) is 10.7. The number of hydrogen-bond acceptors (Lipinski definition) is 6. The van der Waals surface area contributed by atoms with Crippen molar-refractivity contribution in [1.29, 1.82) is 0 Å². The molecular formula is C21H22F5N7. The molecule has 5 heterocycles. The smallest absolute Gasteiger partial charge is 0.370 e. The molecule has 0 radical (unpaired) electrons. The molecule has 2 saturated heterocycles. The van der Waals surface area contributed by atoms with Crippen molar-refractivity contribution >= 4 is 22.7 Å². The molecule has 176 valence electrons. The summed E-state index contributed by atoms with van der Waals surface area (Å²) in [6.07, 6.45) is 0.144. The largest absolute Gasteiger partial charge is 0.433 e. The van der Waals surface area contributed by atoms with Crippen LogP contribution in [0.1, 0.15) is 25.0 Å². The van der Waals surface area contributed by atoms with Crippen LogP contribution in [0.2, 0.25) is 0 Å². The maximum atomic E-state index is 12.8. The highest BCUT2D eigenvalue weighted by Gasteiger charge is 2.41. The molecule has 12 heteroatoms. The Bertz CT molecular complexity index is 1120. The Morgan fingerprint density at radius 1 is 0.939 bits per heavy atom. The molecule has 2 aliphatic heterocycles. The summed E-state index contributed by atoms with van der Waals surface area (Å²) in [5.74, 6) is 0.634. The maximum Gasteiger partial charge on any atom is 0.433 e. The van der Waals surface area contributed by atoms with Crippen LogP contribution < -0.4 is 9.80 Å². The van der Waals surface area contributed by atoms with Crippen molar-refractivity contribution in [3.05, 3.63) is 36.4 Å². The number of alkyl halides is 5. The lowest BCUT2D eigenvalue weighted by Crippen LogP contribution is -2.42. The van der Waals surface area contributed by atoms with Gasteiger partial charge in [0, 0.05) is 26.2 Å². The molecule has 0 aromatic carbocycles. The minimum atomic E-state index is -4.44. The highest BCUT2D eigenvalue weighted by molar-refractivity contribution is 5.71. The van der Waals surface area contributed by atoms with Crippen LogP contribution in [-0.2, 0) is 12.7 Å². The van der Waals surface area contributed by atoms with Crippen molar-refractivity contribution in [3.63, 3.8) is 0 Å². The molecular weight excluding hydrogens is 445 g/mol. The van der Waals surface area contributed by atoms with Gasteiger partial charge < -0.3 is 9.80 Å². The van der Waals surface area contributed by atoms with Gasteiger partial charge in [0.1, 0.15) is 23.6 Å². The molecule has 2 aliphatic rings. The van der Waals surface area contributed by atoms with Gasteiger partial charge in [0.2, 0.25) is 0 Å². The fourth-order valence-electron chi connectivity index (χ4n) is 4.77. The standard InChI is InChI=1S/C21H22F5N7/c22-17(23)12-33-19-15(10-29-33)27-11-18(30-19)31-6-3-20(4-7-31)5-8-32(13-20)14-1-2-16(28-9-14)21(24,25)26/h1-2,9-11,17H,3-8,12-13H2. The van der Waals surface area contributed by atoms with E-state index in [1.807, 2.05) is 0 Å². The Balaban J connectivity index is 1.25. The van der Waals surface area contributed by atoms with Gasteiger partial charge in [-0.1, -0.05) is 0 Å². The van der Waals surface area contributed by atoms with Gasteiger partial charge in [0.25, 0.3) is 6.43 Å². The molecule has 3 aromatic rings. The molecule has 33 heavy (non-hydrogen) atoms. The number of nitrogens with zero attached hydrogens (tertiary/aromatic N) is 7. The summed E-state index contributed by atoms with van der Waals surface area (Å²) in [7, 11) is 0. The van der Waals surface area contributed by atoms with Crippen LogP contribution in [-0.4, -0.2) is 57.3 Å². The molecule has 0 saturated carbocycles. The van der Waals surface area contributed by atoms with Gasteiger partial charge in [-0.3, -0.25) is 0 Å². The van der Waals surface area contributed by atoms with E-state index < -0.39 is 24.8 Å². The Morgan fingerprint density at radius 3 is 2.30 bits per heavy atom. The maximum absolute atomic E-state index is 12.8. The molecule has 0 amide bonds. The monoisotopic (exact) mass is 467 g/mol. The highest BCUT2D eigenvalue weighted by Crippen LogP contribution is 2.42. The van der Waals surface area contributed by atoms with Gasteiger partial charge in [0.15, 0.2) is 5.65 Å². The second kappa shape index (κ2) is 8.07. The van der Waals surface area contributed by atoms with Gasteiger partial charge in [-0.25, -0.2) is 28.4 Å². The number of anilines is 2. The average molecular weight is 467 g/mol. The third-order valence-electron chi connectivity index (χ3n) is 6.63. The van der Waals surface area contributed by atoms with E-state index in [4.69, 9.17) is 0 Å². The van der Waals surface area contributed by atoms with Crippen molar-refractivity contribution < 1.29 is 22.0 Å². The zero-order valence-corrected chi connectivity index (χ0v) is 17.6. The topological polar surface area (TPSA) is 63.0 Å². The van der Waals surface area contributed by atoms with Crippen molar-refractivity contribution in [1.82, 2.24) is 24.7 Å². The summed E-state index contributed by atoms with van der Waals surface area (Å²) in [4.78, 5) is 16.6. The molecule has 0 atom stereocenters. The van der Waals surface area contributed by atoms with E-state index in [1.54, 1.807) is 6.20 Å². The third-order valence-corrected chi connectivity index (χ3v) is 6.63. The first-order chi connectivity index (χ1) is 15.7. The number of hydrogen-bond donors (Lipinski definition) is 0. The predicted octanol–water partition coefficient (Wildman–Crippen LogP) is 4.00. The molecule has 5 rings (SSSR count). The second-order valence-corrected chi connectivity index (χ2v) is 8.71. The van der Waals surface area contributed by atoms with Crippen molar-refractivity contribution in [2.75, 3.05) is 36.0 Å². The molecule has 0 unspecified atom stereocenters.